The summed E-state index contributed by atoms with van der Waals surface area (Å²) >= 11 is 0. The lowest BCUT2D eigenvalue weighted by atomic mass is 10.1. The molecule has 0 heterocycles. The lowest BCUT2D eigenvalue weighted by molar-refractivity contribution is 0.0710. The maximum Gasteiger partial charge on any atom is 0.500 e. The van der Waals surface area contributed by atoms with E-state index in [2.05, 4.69) is 22.8 Å². The van der Waals surface area contributed by atoms with E-state index >= 15 is 0 Å². The second-order valence-corrected chi connectivity index (χ2v) is 9.41. The molecule has 0 fully saturated rings. The first-order chi connectivity index (χ1) is 15.2. The van der Waals surface area contributed by atoms with E-state index in [1.807, 2.05) is 75.5 Å². The first-order valence-corrected chi connectivity index (χ1v) is 12.7. The van der Waals surface area contributed by atoms with Crippen LogP contribution in [-0.2, 0) is 13.3 Å². The average Bonchev–Trinajstić information content (AvgIpc) is 2.79. The fourth-order valence-corrected chi connectivity index (χ4v) is 5.66. The molecule has 0 aliphatic heterocycles. The fraction of sp³-hybridized carbons (Fsp3) is 0.346. The Bertz CT molecular complexity index is 919. The smallest absolute Gasteiger partial charge is 0.374 e. The summed E-state index contributed by atoms with van der Waals surface area (Å²) in [5, 5.41) is 0. The maximum absolute atomic E-state index is 5.88. The lowest BCUT2D eigenvalue weighted by Gasteiger charge is -2.28. The number of benzene rings is 2. The summed E-state index contributed by atoms with van der Waals surface area (Å²) in [7, 11) is -2.58. The zero-order valence-corrected chi connectivity index (χ0v) is 19.7. The molecule has 0 radical (unpaired) electrons. The largest absolute Gasteiger partial charge is 0.500 e. The number of hydrogen-bond acceptors (Lipinski definition) is 4. The minimum atomic E-state index is -2.58. The van der Waals surface area contributed by atoms with Crippen molar-refractivity contribution in [1.82, 2.24) is 0 Å². The summed E-state index contributed by atoms with van der Waals surface area (Å²) in [6.07, 6.45) is 8.27. The molecule has 0 unspecified atom stereocenters. The Morgan fingerprint density at radius 3 is 2.06 bits per heavy atom. The van der Waals surface area contributed by atoms with Crippen LogP contribution in [0.2, 0.25) is 6.04 Å². The third-order valence-corrected chi connectivity index (χ3v) is 7.59. The normalized spacial score (nSPS) is 11.2. The van der Waals surface area contributed by atoms with Crippen LogP contribution in [0.25, 0.3) is 0 Å². The van der Waals surface area contributed by atoms with Crippen molar-refractivity contribution in [2.24, 2.45) is 4.99 Å². The summed E-state index contributed by atoms with van der Waals surface area (Å²) in [6.45, 7) is 8.41. The standard InChI is InChI=1S/C26H31NO3Si/c1-5-25-12-9-10-13-26(25)19-18-23-14-16-24(17-15-23)22-27-20-11-21-31(28-6-2,29-7-3)30-8-4/h1,9-10,12-17,22H,6-8,11,20-21H2,2-4H3. The summed E-state index contributed by atoms with van der Waals surface area (Å²) < 4.78 is 17.6. The van der Waals surface area contributed by atoms with Crippen LogP contribution in [0.1, 0.15) is 49.4 Å². The summed E-state index contributed by atoms with van der Waals surface area (Å²) in [5.41, 5.74) is 3.65. The maximum atomic E-state index is 5.88. The Kier molecular flexibility index (Phi) is 10.8. The first-order valence-electron chi connectivity index (χ1n) is 10.8. The molecule has 31 heavy (non-hydrogen) atoms. The van der Waals surface area contributed by atoms with Gasteiger partial charge in [-0.25, -0.2) is 0 Å². The molecule has 162 valence electrons. The predicted molar refractivity (Wildman–Crippen MR) is 129 cm³/mol. The molecule has 2 rings (SSSR count). The summed E-state index contributed by atoms with van der Waals surface area (Å²) in [6, 6.07) is 16.5. The number of nitrogens with zero attached hydrogens (tertiary/aromatic N) is 1. The molecule has 0 aromatic heterocycles. The fourth-order valence-electron chi connectivity index (χ4n) is 3.07. The third kappa shape index (κ3) is 8.17. The van der Waals surface area contributed by atoms with Crippen LogP contribution in [0.3, 0.4) is 0 Å². The first kappa shape index (κ1) is 24.6. The Balaban J connectivity index is 1.90. The molecule has 0 bridgehead atoms. The van der Waals surface area contributed by atoms with E-state index in [1.165, 1.54) is 0 Å². The Labute approximate surface area is 188 Å². The molecule has 0 aliphatic carbocycles. The molecule has 5 heteroatoms. The van der Waals surface area contributed by atoms with Crippen LogP contribution in [0.15, 0.2) is 53.5 Å². The minimum Gasteiger partial charge on any atom is -0.374 e. The van der Waals surface area contributed by atoms with E-state index in [0.29, 0.717) is 26.4 Å². The van der Waals surface area contributed by atoms with E-state index in [0.717, 1.165) is 34.7 Å². The van der Waals surface area contributed by atoms with Gasteiger partial charge in [0.05, 0.1) is 0 Å². The van der Waals surface area contributed by atoms with Crippen LogP contribution in [0, 0.1) is 24.2 Å². The topological polar surface area (TPSA) is 40.0 Å². The molecule has 0 spiro atoms. The van der Waals surface area contributed by atoms with Crippen LogP contribution in [-0.4, -0.2) is 41.4 Å². The van der Waals surface area contributed by atoms with Crippen molar-refractivity contribution in [2.45, 2.75) is 33.2 Å². The van der Waals surface area contributed by atoms with Crippen LogP contribution in [0.4, 0.5) is 0 Å². The number of terminal acetylenes is 1. The van der Waals surface area contributed by atoms with Crippen molar-refractivity contribution in [2.75, 3.05) is 26.4 Å². The molecule has 0 amide bonds. The minimum absolute atomic E-state index is 0.596. The summed E-state index contributed by atoms with van der Waals surface area (Å²) in [4.78, 5) is 4.54. The van der Waals surface area contributed by atoms with E-state index in [4.69, 9.17) is 19.7 Å². The van der Waals surface area contributed by atoms with Gasteiger partial charge in [-0.3, -0.25) is 4.99 Å². The molecule has 2 aromatic rings. The van der Waals surface area contributed by atoms with E-state index in [1.54, 1.807) is 0 Å². The summed E-state index contributed by atoms with van der Waals surface area (Å²) in [5.74, 6) is 8.98. The van der Waals surface area contributed by atoms with E-state index < -0.39 is 8.80 Å². The van der Waals surface area contributed by atoms with E-state index in [9.17, 15) is 0 Å². The second kappa shape index (κ2) is 13.6. The van der Waals surface area contributed by atoms with Gasteiger partial charge in [0.25, 0.3) is 0 Å². The Hall–Kier alpha value is -2.67. The average molecular weight is 434 g/mol. The van der Waals surface area contributed by atoms with Gasteiger partial charge in [0.2, 0.25) is 0 Å². The molecule has 0 aliphatic rings. The van der Waals surface area contributed by atoms with Gasteiger partial charge < -0.3 is 13.3 Å². The molecule has 2 aromatic carbocycles. The van der Waals surface area contributed by atoms with Gasteiger partial charge in [-0.15, -0.1) is 6.42 Å². The highest BCUT2D eigenvalue weighted by Gasteiger charge is 2.39. The van der Waals surface area contributed by atoms with Crippen LogP contribution < -0.4 is 0 Å². The van der Waals surface area contributed by atoms with Crippen molar-refractivity contribution in [3.8, 4) is 24.2 Å². The Morgan fingerprint density at radius 1 is 0.871 bits per heavy atom. The number of rotatable bonds is 11. The van der Waals surface area contributed by atoms with Gasteiger partial charge >= 0.3 is 8.80 Å². The SMILES string of the molecule is C#Cc1ccccc1C#Cc1ccc(C=NCCC[Si](OCC)(OCC)OCC)cc1. The van der Waals surface area contributed by atoms with Crippen molar-refractivity contribution in [1.29, 1.82) is 0 Å². The van der Waals surface area contributed by atoms with Crippen LogP contribution >= 0.6 is 0 Å². The predicted octanol–water partition coefficient (Wildman–Crippen LogP) is 4.93. The van der Waals surface area contributed by atoms with Crippen molar-refractivity contribution in [3.05, 3.63) is 70.8 Å². The van der Waals surface area contributed by atoms with Crippen molar-refractivity contribution in [3.63, 3.8) is 0 Å². The van der Waals surface area contributed by atoms with Crippen molar-refractivity contribution >= 4 is 15.0 Å². The highest BCUT2D eigenvalue weighted by molar-refractivity contribution is 6.60. The molecule has 0 saturated heterocycles. The van der Waals surface area contributed by atoms with Gasteiger partial charge in [-0.2, -0.15) is 0 Å². The molecular formula is C26H31NO3Si. The number of hydrogen-bond donors (Lipinski definition) is 0. The zero-order chi connectivity index (χ0) is 22.4. The quantitative estimate of drug-likeness (QED) is 0.218. The van der Waals surface area contributed by atoms with Crippen LogP contribution in [0.5, 0.6) is 0 Å². The highest BCUT2D eigenvalue weighted by atomic mass is 28.4. The Morgan fingerprint density at radius 2 is 1.48 bits per heavy atom. The molecule has 4 nitrogen and oxygen atoms in total. The molecular weight excluding hydrogens is 402 g/mol. The molecule has 0 N–H and O–H groups in total. The second-order valence-electron chi connectivity index (χ2n) is 6.68. The zero-order valence-electron chi connectivity index (χ0n) is 18.7. The lowest BCUT2D eigenvalue weighted by Crippen LogP contribution is -2.46. The molecule has 0 atom stereocenters. The third-order valence-electron chi connectivity index (χ3n) is 4.44. The number of aliphatic imine (C=N–C) groups is 1. The van der Waals surface area contributed by atoms with Crippen molar-refractivity contribution < 1.29 is 13.3 Å². The van der Waals surface area contributed by atoms with E-state index in [-0.39, 0.29) is 0 Å². The van der Waals surface area contributed by atoms with Gasteiger partial charge in [0.1, 0.15) is 0 Å². The van der Waals surface area contributed by atoms with Gasteiger partial charge in [-0.1, -0.05) is 42.0 Å². The highest BCUT2D eigenvalue weighted by Crippen LogP contribution is 2.18. The van der Waals surface area contributed by atoms with Gasteiger partial charge in [0.15, 0.2) is 0 Å². The molecule has 0 saturated carbocycles. The monoisotopic (exact) mass is 433 g/mol. The van der Waals surface area contributed by atoms with Gasteiger partial charge in [-0.05, 0) is 57.0 Å². The van der Waals surface area contributed by atoms with Gasteiger partial charge in [0, 0.05) is 55.3 Å².